The van der Waals surface area contributed by atoms with E-state index in [1.807, 2.05) is 86.0 Å². The van der Waals surface area contributed by atoms with E-state index in [1.54, 1.807) is 0 Å². The molecule has 3 nitrogen and oxygen atoms in total. The zero-order chi connectivity index (χ0) is 25.1. The van der Waals surface area contributed by atoms with Gasteiger partial charge in [-0.05, 0) is 61.7 Å². The molecule has 7 heteroatoms. The number of hydrogen-bond donors (Lipinski definition) is 0. The quantitative estimate of drug-likeness (QED) is 0.174. The molecule has 1 aliphatic carbocycles. The van der Waals surface area contributed by atoms with Crippen LogP contribution in [0.25, 0.3) is 0 Å². The third kappa shape index (κ3) is 9.17. The van der Waals surface area contributed by atoms with Crippen LogP contribution < -0.4 is 0 Å². The maximum atomic E-state index is 13.8. The molecule has 1 aromatic carbocycles. The number of benzene rings is 1. The molecule has 0 bridgehead atoms. The Balaban J connectivity index is 2.45. The number of ether oxygens (including phenoxy) is 2. The molecule has 0 spiro atoms. The summed E-state index contributed by atoms with van der Waals surface area (Å²) in [4.78, 5) is 13.8. The lowest BCUT2D eigenvalue weighted by Crippen LogP contribution is -2.40. The first-order valence-corrected chi connectivity index (χ1v) is 16.8. The summed E-state index contributed by atoms with van der Waals surface area (Å²) in [5.41, 5.74) is 0.642. The molecule has 2 rings (SSSR count). The summed E-state index contributed by atoms with van der Waals surface area (Å²) in [6.45, 7) is 15.3. The Morgan fingerprint density at radius 3 is 1.85 bits per heavy atom. The Morgan fingerprint density at radius 2 is 1.38 bits per heavy atom. The first-order valence-electron chi connectivity index (χ1n) is 12.6. The molecule has 1 fully saturated rings. The smallest absolute Gasteiger partial charge is 0.312 e. The Bertz CT molecular complexity index is 698. The van der Waals surface area contributed by atoms with Crippen molar-refractivity contribution in [1.29, 1.82) is 0 Å². The van der Waals surface area contributed by atoms with Crippen molar-refractivity contribution in [3.8, 4) is 0 Å². The van der Waals surface area contributed by atoms with Gasteiger partial charge in [-0.25, -0.2) is 0 Å². The molecule has 0 unspecified atom stereocenters. The lowest BCUT2D eigenvalue weighted by Gasteiger charge is -2.32. The van der Waals surface area contributed by atoms with Gasteiger partial charge in [-0.2, -0.15) is 0 Å². The van der Waals surface area contributed by atoms with Crippen molar-refractivity contribution in [2.24, 2.45) is 17.8 Å². The van der Waals surface area contributed by atoms with Gasteiger partial charge < -0.3 is 9.47 Å². The predicted molar refractivity (Wildman–Crippen MR) is 156 cm³/mol. The summed E-state index contributed by atoms with van der Waals surface area (Å²) in [6, 6.07) is 10.3. The summed E-state index contributed by atoms with van der Waals surface area (Å²) in [5, 5.41) is 0. The molecule has 194 valence electrons. The predicted octanol–water partition coefficient (Wildman–Crippen LogP) is 7.83. The Kier molecular flexibility index (Phi) is 13.7. The molecule has 34 heavy (non-hydrogen) atoms. The van der Waals surface area contributed by atoms with E-state index in [2.05, 4.69) is 39.8 Å². The van der Waals surface area contributed by atoms with Crippen molar-refractivity contribution in [1.82, 2.24) is 0 Å². The van der Waals surface area contributed by atoms with Gasteiger partial charge in [0.25, 0.3) is 0 Å². The molecule has 0 aromatic heterocycles. The highest BCUT2D eigenvalue weighted by Gasteiger charge is 2.54. The molecule has 1 aromatic rings. The number of thioether (sulfide) groups is 4. The maximum Gasteiger partial charge on any atom is 0.312 e. The molecule has 0 radical (unpaired) electrons. The highest BCUT2D eigenvalue weighted by atomic mass is 32.2. The molecule has 1 saturated carbocycles. The highest BCUT2D eigenvalue weighted by molar-refractivity contribution is 8.17. The molecule has 4 atom stereocenters. The SMILES string of the molecule is CCSC(SCC)[C@H]1C[C@@H](C(SCC)SCC)[C@H](OCc2ccccc2)[C@H]1C(=O)OC(C)(C)C. The minimum atomic E-state index is -0.509. The fraction of sp³-hybridized carbons (Fsp3) is 0.741. The lowest BCUT2D eigenvalue weighted by molar-refractivity contribution is -0.167. The van der Waals surface area contributed by atoms with Crippen LogP contribution in [0, 0.1) is 17.8 Å². The van der Waals surface area contributed by atoms with E-state index in [-0.39, 0.29) is 23.9 Å². The third-order valence-corrected chi connectivity index (χ3v) is 11.4. The van der Waals surface area contributed by atoms with Crippen molar-refractivity contribution in [2.45, 2.75) is 82.4 Å². The van der Waals surface area contributed by atoms with Crippen LogP contribution >= 0.6 is 47.0 Å². The first-order chi connectivity index (χ1) is 16.3. The average molecular weight is 545 g/mol. The van der Waals surface area contributed by atoms with E-state index in [0.29, 0.717) is 21.7 Å². The zero-order valence-electron chi connectivity index (χ0n) is 22.0. The molecular weight excluding hydrogens is 501 g/mol. The van der Waals surface area contributed by atoms with Crippen molar-refractivity contribution >= 4 is 53.0 Å². The second kappa shape index (κ2) is 15.3. The Labute approximate surface area is 225 Å². The van der Waals surface area contributed by atoms with Gasteiger partial charge in [0.2, 0.25) is 0 Å². The van der Waals surface area contributed by atoms with Crippen molar-refractivity contribution < 1.29 is 14.3 Å². The lowest BCUT2D eigenvalue weighted by atomic mass is 9.95. The second-order valence-electron chi connectivity index (χ2n) is 9.44. The number of carbonyl (C=O) groups excluding carboxylic acids is 1. The van der Waals surface area contributed by atoms with Crippen molar-refractivity contribution in [3.05, 3.63) is 35.9 Å². The number of rotatable bonds is 14. The number of esters is 1. The minimum absolute atomic E-state index is 0.0850. The summed E-state index contributed by atoms with van der Waals surface area (Å²) in [5.74, 6) is 4.47. The van der Waals surface area contributed by atoms with E-state index >= 15 is 0 Å². The van der Waals surface area contributed by atoms with Crippen molar-refractivity contribution in [3.63, 3.8) is 0 Å². The number of carbonyl (C=O) groups is 1. The molecular formula is C27H44O3S4. The monoisotopic (exact) mass is 544 g/mol. The Morgan fingerprint density at radius 1 is 0.882 bits per heavy atom. The minimum Gasteiger partial charge on any atom is -0.460 e. The summed E-state index contributed by atoms with van der Waals surface area (Å²) in [7, 11) is 0. The van der Waals surface area contributed by atoms with Crippen LogP contribution in [-0.4, -0.2) is 49.8 Å². The third-order valence-electron chi connectivity index (χ3n) is 5.77. The molecule has 0 heterocycles. The van der Waals surface area contributed by atoms with Gasteiger partial charge in [0, 0.05) is 5.92 Å². The molecule has 0 aliphatic heterocycles. The molecule has 0 amide bonds. The van der Waals surface area contributed by atoms with E-state index in [9.17, 15) is 4.79 Å². The summed E-state index contributed by atoms with van der Waals surface area (Å²) >= 11 is 7.98. The molecule has 1 aliphatic rings. The Hall–Kier alpha value is 0.0500. The van der Waals surface area contributed by atoms with Gasteiger partial charge >= 0.3 is 5.97 Å². The van der Waals surface area contributed by atoms with Gasteiger partial charge in [0.05, 0.1) is 27.8 Å². The van der Waals surface area contributed by atoms with E-state index < -0.39 is 5.60 Å². The van der Waals surface area contributed by atoms with Crippen LogP contribution in [0.2, 0.25) is 0 Å². The summed E-state index contributed by atoms with van der Waals surface area (Å²) < 4.78 is 13.5. The van der Waals surface area contributed by atoms with Crippen LogP contribution in [0.3, 0.4) is 0 Å². The van der Waals surface area contributed by atoms with Gasteiger partial charge in [-0.15, -0.1) is 47.0 Å². The van der Waals surface area contributed by atoms with Crippen LogP contribution in [0.5, 0.6) is 0 Å². The maximum absolute atomic E-state index is 13.8. The zero-order valence-corrected chi connectivity index (χ0v) is 25.2. The fourth-order valence-electron chi connectivity index (χ4n) is 4.57. The largest absolute Gasteiger partial charge is 0.460 e. The summed E-state index contributed by atoms with van der Waals surface area (Å²) in [6.07, 6.45) is 0.874. The standard InChI is InChI=1S/C27H44O3S4/c1-8-31-25(32-9-2)20-17-21(26(33-10-3)34-11-4)23(22(20)24(28)30-27(5,6)7)29-18-19-15-13-12-14-16-19/h12-16,20-23,25-26H,8-11,17-18H2,1-7H3/t20-,21+,22-,23-/m0/s1. The van der Waals surface area contributed by atoms with Gasteiger partial charge in [0.1, 0.15) is 5.60 Å². The second-order valence-corrected chi connectivity index (χ2v) is 15.7. The average Bonchev–Trinajstić information content (AvgIpc) is 3.16. The molecule has 0 saturated heterocycles. The van der Waals surface area contributed by atoms with Crippen LogP contribution in [0.1, 0.15) is 60.5 Å². The normalized spacial score (nSPS) is 23.1. The molecule has 0 N–H and O–H groups in total. The van der Waals surface area contributed by atoms with Crippen LogP contribution in [0.4, 0.5) is 0 Å². The van der Waals surface area contributed by atoms with E-state index in [4.69, 9.17) is 9.47 Å². The topological polar surface area (TPSA) is 35.5 Å². The van der Waals surface area contributed by atoms with Gasteiger partial charge in [0.15, 0.2) is 0 Å². The van der Waals surface area contributed by atoms with Crippen molar-refractivity contribution in [2.75, 3.05) is 23.0 Å². The van der Waals surface area contributed by atoms with Crippen LogP contribution in [-0.2, 0) is 20.9 Å². The fourth-order valence-corrected chi connectivity index (χ4v) is 10.4. The van der Waals surface area contributed by atoms with Gasteiger partial charge in [-0.3, -0.25) is 4.79 Å². The highest BCUT2D eigenvalue weighted by Crippen LogP contribution is 2.52. The van der Waals surface area contributed by atoms with E-state index in [0.717, 1.165) is 35.0 Å². The van der Waals surface area contributed by atoms with Crippen LogP contribution in [0.15, 0.2) is 30.3 Å². The number of hydrogen-bond acceptors (Lipinski definition) is 7. The van der Waals surface area contributed by atoms with Gasteiger partial charge in [-0.1, -0.05) is 58.0 Å². The van der Waals surface area contributed by atoms with E-state index in [1.165, 1.54) is 0 Å². The first kappa shape index (κ1) is 30.3.